The first kappa shape index (κ1) is 82.1. The summed E-state index contributed by atoms with van der Waals surface area (Å²) in [6.45, 7) is 9.28. The molecule has 6 atom stereocenters. The molecule has 0 aromatic rings. The summed E-state index contributed by atoms with van der Waals surface area (Å²) in [6.07, 6.45) is 41.1. The maximum atomic E-state index is 13.0. The fourth-order valence-electron chi connectivity index (χ4n) is 9.68. The maximum absolute atomic E-state index is 13.0. The van der Waals surface area contributed by atoms with Crippen LogP contribution in [0.5, 0.6) is 0 Å². The lowest BCUT2D eigenvalue weighted by Crippen LogP contribution is -2.30. The van der Waals surface area contributed by atoms with Crippen molar-refractivity contribution in [2.45, 2.75) is 342 Å². The van der Waals surface area contributed by atoms with Crippen molar-refractivity contribution in [1.29, 1.82) is 0 Å². The van der Waals surface area contributed by atoms with Gasteiger partial charge in [0.25, 0.3) is 0 Å². The molecule has 498 valence electrons. The molecule has 0 heterocycles. The molecule has 0 aliphatic rings. The average Bonchev–Trinajstić information content (AvgIpc) is 3.64. The van der Waals surface area contributed by atoms with Crippen LogP contribution in [0.2, 0.25) is 0 Å². The summed E-state index contributed by atoms with van der Waals surface area (Å²) in [4.78, 5) is 71.9. The van der Waals surface area contributed by atoms with Gasteiger partial charge in [0.05, 0.1) is 26.4 Å². The second kappa shape index (κ2) is 57.5. The number of unbranched alkanes of at least 4 members (excludes halogenated alkanes) is 33. The van der Waals surface area contributed by atoms with Gasteiger partial charge in [-0.15, -0.1) is 0 Å². The van der Waals surface area contributed by atoms with Crippen LogP contribution >= 0.6 is 15.6 Å². The Bertz CT molecular complexity index is 1650. The van der Waals surface area contributed by atoms with E-state index in [-0.39, 0.29) is 25.7 Å². The highest BCUT2D eigenvalue weighted by atomic mass is 31.2. The molecular weight excluding hydrogens is 1110 g/mol. The van der Waals surface area contributed by atoms with E-state index in [2.05, 4.69) is 41.5 Å². The van der Waals surface area contributed by atoms with E-state index in [4.69, 9.17) is 37.0 Å². The summed E-state index contributed by atoms with van der Waals surface area (Å²) in [5.74, 6) is -0.749. The molecule has 3 N–H and O–H groups in total. The van der Waals surface area contributed by atoms with Gasteiger partial charge in [-0.3, -0.25) is 37.3 Å². The van der Waals surface area contributed by atoms with E-state index in [0.29, 0.717) is 31.6 Å². The van der Waals surface area contributed by atoms with Gasteiger partial charge in [0, 0.05) is 25.7 Å². The van der Waals surface area contributed by atoms with Crippen LogP contribution < -0.4 is 0 Å². The summed E-state index contributed by atoms with van der Waals surface area (Å²) >= 11 is 0. The van der Waals surface area contributed by atoms with E-state index in [1.807, 2.05) is 0 Å². The molecule has 0 radical (unpaired) electrons. The number of rotatable bonds is 64. The van der Waals surface area contributed by atoms with E-state index in [1.165, 1.54) is 128 Å². The number of hydrogen-bond acceptors (Lipinski definition) is 15. The van der Waals surface area contributed by atoms with E-state index in [1.54, 1.807) is 0 Å². The van der Waals surface area contributed by atoms with Gasteiger partial charge in [0.1, 0.15) is 19.3 Å². The zero-order valence-electron chi connectivity index (χ0n) is 54.2. The van der Waals surface area contributed by atoms with Crippen LogP contribution in [-0.2, 0) is 65.4 Å². The first-order valence-electron chi connectivity index (χ1n) is 34.0. The second-order valence-corrected chi connectivity index (χ2v) is 27.1. The number of aliphatic hydroxyl groups is 1. The highest BCUT2D eigenvalue weighted by molar-refractivity contribution is 7.47. The number of ether oxygens (including phenoxy) is 4. The van der Waals surface area contributed by atoms with Gasteiger partial charge in [-0.1, -0.05) is 273 Å². The molecule has 19 heteroatoms. The topological polar surface area (TPSA) is 237 Å². The lowest BCUT2D eigenvalue weighted by molar-refractivity contribution is -0.161. The number of hydrogen-bond donors (Lipinski definition) is 3. The van der Waals surface area contributed by atoms with E-state index in [0.717, 1.165) is 109 Å². The van der Waals surface area contributed by atoms with Crippen LogP contribution in [0.15, 0.2) is 0 Å². The molecule has 0 aliphatic carbocycles. The lowest BCUT2D eigenvalue weighted by atomic mass is 10.00. The van der Waals surface area contributed by atoms with Crippen molar-refractivity contribution in [3.63, 3.8) is 0 Å². The van der Waals surface area contributed by atoms with Crippen molar-refractivity contribution < 1.29 is 80.2 Å². The standard InChI is InChI=1S/C65H126O17P2/c1-7-10-12-14-15-16-17-18-19-20-21-22-23-24-25-26-27-28-37-43-49-64(69)81-61(54-76-63(68)48-42-36-32-30-35-40-46-58(6)9-3)56-80-84(73,74)78-52-59(66)51-77-83(71,72)79-55-60(53-75-62(67)47-41-33-13-11-8-2)82-65(70)50-44-38-31-29-34-39-45-57(4)5/h57-61,66H,7-56H2,1-6H3,(H,71,72)(H,73,74)/t58?,59-,60+,61+/m0/s1. The van der Waals surface area contributed by atoms with Gasteiger partial charge in [0.2, 0.25) is 0 Å². The molecule has 0 fully saturated rings. The third-order valence-electron chi connectivity index (χ3n) is 15.3. The average molecular weight is 1240 g/mol. The van der Waals surface area contributed by atoms with Crippen LogP contribution in [0, 0.1) is 11.8 Å². The summed E-state index contributed by atoms with van der Waals surface area (Å²) in [6, 6.07) is 0. The fourth-order valence-corrected chi connectivity index (χ4v) is 11.3. The number of carbonyl (C=O) groups excluding carboxylic acids is 4. The molecule has 0 saturated heterocycles. The van der Waals surface area contributed by atoms with Crippen molar-refractivity contribution in [2.75, 3.05) is 39.6 Å². The van der Waals surface area contributed by atoms with Crippen molar-refractivity contribution in [3.8, 4) is 0 Å². The summed E-state index contributed by atoms with van der Waals surface area (Å²) in [5, 5.41) is 10.5. The first-order valence-corrected chi connectivity index (χ1v) is 37.0. The first-order chi connectivity index (χ1) is 40.4. The van der Waals surface area contributed by atoms with Crippen LogP contribution in [0.1, 0.15) is 324 Å². The van der Waals surface area contributed by atoms with Crippen LogP contribution in [0.3, 0.4) is 0 Å². The highest BCUT2D eigenvalue weighted by Gasteiger charge is 2.30. The Morgan fingerprint density at radius 3 is 0.905 bits per heavy atom. The Morgan fingerprint density at radius 2 is 0.607 bits per heavy atom. The molecule has 0 rings (SSSR count). The van der Waals surface area contributed by atoms with Crippen molar-refractivity contribution in [1.82, 2.24) is 0 Å². The molecule has 0 spiro atoms. The Labute approximate surface area is 511 Å². The van der Waals surface area contributed by atoms with E-state index >= 15 is 0 Å². The van der Waals surface area contributed by atoms with Crippen LogP contribution in [-0.4, -0.2) is 96.7 Å². The van der Waals surface area contributed by atoms with Crippen molar-refractivity contribution in [2.24, 2.45) is 11.8 Å². The Kier molecular flexibility index (Phi) is 56.2. The van der Waals surface area contributed by atoms with Gasteiger partial charge < -0.3 is 33.8 Å². The van der Waals surface area contributed by atoms with Gasteiger partial charge in [-0.25, -0.2) is 9.13 Å². The third kappa shape index (κ3) is 57.8. The molecule has 0 saturated carbocycles. The number of aliphatic hydroxyl groups excluding tert-OH is 1. The number of carbonyl (C=O) groups is 4. The maximum Gasteiger partial charge on any atom is 0.472 e. The zero-order chi connectivity index (χ0) is 62.2. The number of phosphoric ester groups is 2. The molecule has 0 amide bonds. The molecule has 0 aliphatic heterocycles. The monoisotopic (exact) mass is 1240 g/mol. The lowest BCUT2D eigenvalue weighted by Gasteiger charge is -2.21. The van der Waals surface area contributed by atoms with Crippen molar-refractivity contribution in [3.05, 3.63) is 0 Å². The molecular formula is C65H126O17P2. The van der Waals surface area contributed by atoms with Gasteiger partial charge in [-0.05, 0) is 37.5 Å². The normalized spacial score (nSPS) is 14.6. The minimum absolute atomic E-state index is 0.101. The summed E-state index contributed by atoms with van der Waals surface area (Å²) in [7, 11) is -9.88. The quantitative estimate of drug-likeness (QED) is 0.0222. The Balaban J connectivity index is 5.09. The van der Waals surface area contributed by atoms with Crippen LogP contribution in [0.4, 0.5) is 0 Å². The Hall–Kier alpha value is -1.94. The van der Waals surface area contributed by atoms with E-state index < -0.39 is 97.5 Å². The molecule has 0 bridgehead atoms. The molecule has 0 aromatic heterocycles. The number of esters is 4. The van der Waals surface area contributed by atoms with E-state index in [9.17, 15) is 43.2 Å². The minimum atomic E-state index is -4.94. The van der Waals surface area contributed by atoms with Gasteiger partial charge in [0.15, 0.2) is 12.2 Å². The van der Waals surface area contributed by atoms with Gasteiger partial charge >= 0.3 is 39.5 Å². The number of phosphoric acid groups is 2. The minimum Gasteiger partial charge on any atom is -0.462 e. The smallest absolute Gasteiger partial charge is 0.462 e. The summed E-state index contributed by atoms with van der Waals surface area (Å²) < 4.78 is 67.8. The predicted octanol–water partition coefficient (Wildman–Crippen LogP) is 18.0. The third-order valence-corrected chi connectivity index (χ3v) is 17.2. The van der Waals surface area contributed by atoms with Crippen LogP contribution in [0.25, 0.3) is 0 Å². The second-order valence-electron chi connectivity index (χ2n) is 24.2. The fraction of sp³-hybridized carbons (Fsp3) is 0.938. The Morgan fingerprint density at radius 1 is 0.345 bits per heavy atom. The molecule has 0 aromatic carbocycles. The summed E-state index contributed by atoms with van der Waals surface area (Å²) in [5.41, 5.74) is 0. The van der Waals surface area contributed by atoms with Gasteiger partial charge in [-0.2, -0.15) is 0 Å². The predicted molar refractivity (Wildman–Crippen MR) is 335 cm³/mol. The SMILES string of the molecule is CCCCCCCCCCCCCCCCCCCCCCC(=O)O[C@H](COC(=O)CCCCCCCCC(C)CC)COP(=O)(O)OC[C@@H](O)COP(=O)(O)OC[C@@H](COC(=O)CCCCCCC)OC(=O)CCCCCCCCC(C)C. The molecule has 84 heavy (non-hydrogen) atoms. The molecule has 3 unspecified atom stereocenters. The van der Waals surface area contributed by atoms with Crippen molar-refractivity contribution >= 4 is 39.5 Å². The highest BCUT2D eigenvalue weighted by Crippen LogP contribution is 2.45. The largest absolute Gasteiger partial charge is 0.472 e. The zero-order valence-corrected chi connectivity index (χ0v) is 56.0. The molecule has 17 nitrogen and oxygen atoms in total.